The summed E-state index contributed by atoms with van der Waals surface area (Å²) < 4.78 is 12.4. The zero-order valence-corrected chi connectivity index (χ0v) is 32.5. The van der Waals surface area contributed by atoms with E-state index < -0.39 is 23.8 Å². The summed E-state index contributed by atoms with van der Waals surface area (Å²) in [4.78, 5) is 58.1. The molecule has 0 unspecified atom stereocenters. The van der Waals surface area contributed by atoms with Gasteiger partial charge in [0.15, 0.2) is 16.7 Å². The average Bonchev–Trinajstić information content (AvgIpc) is 3.19. The highest BCUT2D eigenvalue weighted by Gasteiger charge is 2.35. The number of carboxylic acid groups (broad SMARTS) is 1. The number of carbonyl (C=O) groups excluding carboxylic acids is 3. The summed E-state index contributed by atoms with van der Waals surface area (Å²) in [5, 5.41) is 12.3. The van der Waals surface area contributed by atoms with Gasteiger partial charge in [-0.15, -0.1) is 0 Å². The van der Waals surface area contributed by atoms with E-state index in [-0.39, 0.29) is 34.6 Å². The van der Waals surface area contributed by atoms with Crippen molar-refractivity contribution in [3.8, 4) is 11.5 Å². The van der Waals surface area contributed by atoms with Crippen LogP contribution in [-0.4, -0.2) is 51.2 Å². The average molecular weight is 821 g/mol. The highest BCUT2D eigenvalue weighted by molar-refractivity contribution is 9.10. The summed E-state index contributed by atoms with van der Waals surface area (Å²) in [7, 11) is 0. The molecular formula is C43H38BrN3O7S. The van der Waals surface area contributed by atoms with Crippen molar-refractivity contribution >= 4 is 62.6 Å². The molecule has 0 saturated carbocycles. The monoisotopic (exact) mass is 819 g/mol. The molecule has 0 saturated heterocycles. The minimum atomic E-state index is -1.02. The Morgan fingerprint density at radius 3 is 2.22 bits per heavy atom. The normalized spacial score (nSPS) is 14.0. The number of ether oxygens (including phenoxy) is 2. The number of carbonyl (C=O) groups is 4. The Balaban J connectivity index is 1.41. The molecule has 12 heteroatoms. The third-order valence-electron chi connectivity index (χ3n) is 8.14. The summed E-state index contributed by atoms with van der Waals surface area (Å²) >= 11 is 4.52. The molecule has 5 rings (SSSR count). The quantitative estimate of drug-likeness (QED) is 0.0693. The largest absolute Gasteiger partial charge is 0.490 e. The van der Waals surface area contributed by atoms with E-state index in [2.05, 4.69) is 32.8 Å². The van der Waals surface area contributed by atoms with E-state index in [0.29, 0.717) is 33.8 Å². The molecule has 280 valence electrons. The number of hydrogen-bond donors (Lipinski definition) is 2. The van der Waals surface area contributed by atoms with Gasteiger partial charge in [0.25, 0.3) is 11.8 Å². The number of thioether (sulfide) groups is 1. The van der Waals surface area contributed by atoms with Crippen LogP contribution in [0.25, 0.3) is 6.08 Å². The molecule has 1 aliphatic heterocycles. The Kier molecular flexibility index (Phi) is 14.2. The molecule has 0 bridgehead atoms. The van der Waals surface area contributed by atoms with Crippen LogP contribution >= 0.6 is 27.7 Å². The van der Waals surface area contributed by atoms with Crippen molar-refractivity contribution in [1.82, 2.24) is 10.2 Å². The van der Waals surface area contributed by atoms with Gasteiger partial charge in [0.2, 0.25) is 5.91 Å². The molecule has 0 atom stereocenters. The second-order valence-corrected chi connectivity index (χ2v) is 13.7. The molecule has 0 fully saturated rings. The first-order valence-electron chi connectivity index (χ1n) is 17.2. The van der Waals surface area contributed by atoms with Gasteiger partial charge in [-0.2, -0.15) is 4.99 Å². The molecule has 3 amide bonds. The maximum atomic E-state index is 14.2. The number of carboxylic acids is 1. The van der Waals surface area contributed by atoms with E-state index >= 15 is 0 Å². The molecule has 2 N–H and O–H groups in total. The van der Waals surface area contributed by atoms with Crippen LogP contribution in [0.15, 0.2) is 149 Å². The van der Waals surface area contributed by atoms with E-state index in [9.17, 15) is 24.3 Å². The highest BCUT2D eigenvalue weighted by Crippen LogP contribution is 2.39. The van der Waals surface area contributed by atoms with Crippen molar-refractivity contribution in [3.05, 3.63) is 172 Å². The van der Waals surface area contributed by atoms with Gasteiger partial charge in [0.05, 0.1) is 28.4 Å². The number of halogens is 1. The third kappa shape index (κ3) is 10.4. The maximum Gasteiger partial charge on any atom is 0.335 e. The first-order valence-corrected chi connectivity index (χ1v) is 19.0. The third-order valence-corrected chi connectivity index (χ3v) is 9.67. The van der Waals surface area contributed by atoms with E-state index in [1.165, 1.54) is 23.1 Å². The van der Waals surface area contributed by atoms with Crippen molar-refractivity contribution in [3.63, 3.8) is 0 Å². The molecule has 0 aliphatic carbocycles. The van der Waals surface area contributed by atoms with E-state index in [1.807, 2.05) is 67.6 Å². The van der Waals surface area contributed by atoms with Crippen LogP contribution in [0.2, 0.25) is 0 Å². The Morgan fingerprint density at radius 2 is 1.64 bits per heavy atom. The number of aliphatic imine (C=N–C) groups is 1. The second kappa shape index (κ2) is 19.4. The van der Waals surface area contributed by atoms with Gasteiger partial charge in [-0.05, 0) is 88.4 Å². The zero-order valence-electron chi connectivity index (χ0n) is 30.1. The minimum Gasteiger partial charge on any atom is -0.490 e. The summed E-state index contributed by atoms with van der Waals surface area (Å²) in [5.74, 6) is -2.11. The molecule has 0 aromatic heterocycles. The van der Waals surface area contributed by atoms with Crippen LogP contribution in [0.3, 0.4) is 0 Å². The molecule has 1 heterocycles. The van der Waals surface area contributed by atoms with Crippen LogP contribution in [0.1, 0.15) is 52.5 Å². The van der Waals surface area contributed by atoms with Gasteiger partial charge in [-0.25, -0.2) is 4.79 Å². The number of amidine groups is 1. The lowest BCUT2D eigenvalue weighted by atomic mass is 9.99. The van der Waals surface area contributed by atoms with E-state index in [0.717, 1.165) is 28.5 Å². The second-order valence-electron chi connectivity index (χ2n) is 11.9. The molecular weight excluding hydrogens is 782 g/mol. The topological polar surface area (TPSA) is 135 Å². The first kappa shape index (κ1) is 40.2. The van der Waals surface area contributed by atoms with Crippen molar-refractivity contribution in [2.24, 2.45) is 4.99 Å². The fourth-order valence-electron chi connectivity index (χ4n) is 5.53. The van der Waals surface area contributed by atoms with Gasteiger partial charge in [0.1, 0.15) is 12.2 Å². The van der Waals surface area contributed by atoms with Crippen molar-refractivity contribution < 1.29 is 33.8 Å². The molecule has 55 heavy (non-hydrogen) atoms. The molecule has 0 radical (unpaired) electrons. The first-order chi connectivity index (χ1) is 26.6. The van der Waals surface area contributed by atoms with Crippen molar-refractivity contribution in [2.75, 3.05) is 12.4 Å². The standard InChI is InChI=1S/C43H38BrN3O7S/c1-4-7-18-33(5-2)47-41(50)34(23-29-24-35(44)39(36(25-29)53-6-3)54-26-28-19-21-32(22-20-28)42(51)52)40(49)46-43(47)55-27-37(48)45-38(30-14-10-8-11-15-30)31-16-12-9-13-17-31/h4-5,7-25,38H,1,6,26-27H2,2-3H3,(H,45,48)(H,51,52)/b18-7-,33-5+,34-23+. The predicted octanol–water partition coefficient (Wildman–Crippen LogP) is 8.52. The minimum absolute atomic E-state index is 0.0522. The summed E-state index contributed by atoms with van der Waals surface area (Å²) in [6.45, 7) is 7.72. The Labute approximate surface area is 332 Å². The Morgan fingerprint density at radius 1 is 0.982 bits per heavy atom. The van der Waals surface area contributed by atoms with E-state index in [4.69, 9.17) is 9.47 Å². The van der Waals surface area contributed by atoms with E-state index in [1.54, 1.807) is 55.5 Å². The number of nitrogens with zero attached hydrogens (tertiary/aromatic N) is 2. The van der Waals surface area contributed by atoms with Gasteiger partial charge in [0, 0.05) is 5.70 Å². The van der Waals surface area contributed by atoms with Gasteiger partial charge in [-0.3, -0.25) is 19.3 Å². The molecule has 1 aliphatic rings. The fraction of sp³-hybridized carbons (Fsp3) is 0.140. The lowest BCUT2D eigenvalue weighted by Crippen LogP contribution is -2.42. The molecule has 0 spiro atoms. The summed E-state index contributed by atoms with van der Waals surface area (Å²) in [6, 6.07) is 28.4. The summed E-state index contributed by atoms with van der Waals surface area (Å²) in [6.07, 6.45) is 8.03. The number of rotatable bonds is 15. The van der Waals surface area contributed by atoms with Crippen LogP contribution in [0.4, 0.5) is 0 Å². The van der Waals surface area contributed by atoms with Crippen molar-refractivity contribution in [1.29, 1.82) is 0 Å². The number of hydrogen-bond acceptors (Lipinski definition) is 7. The number of allylic oxidation sites excluding steroid dienone is 4. The number of aromatic carboxylic acids is 1. The van der Waals surface area contributed by atoms with Crippen LogP contribution in [-0.2, 0) is 21.0 Å². The Bertz CT molecular complexity index is 2140. The smallest absolute Gasteiger partial charge is 0.335 e. The lowest BCUT2D eigenvalue weighted by molar-refractivity contribution is -0.126. The van der Waals surface area contributed by atoms with Gasteiger partial charge in [-0.1, -0.05) is 109 Å². The summed E-state index contributed by atoms with van der Waals surface area (Å²) in [5.41, 5.74) is 3.41. The highest BCUT2D eigenvalue weighted by atomic mass is 79.9. The number of benzene rings is 4. The Hall–Kier alpha value is -5.98. The predicted molar refractivity (Wildman–Crippen MR) is 219 cm³/mol. The van der Waals surface area contributed by atoms with Crippen LogP contribution in [0.5, 0.6) is 11.5 Å². The SMILES string of the molecule is C=C/C=C\C(=C/C)N1C(=O)/C(=C/c2cc(Br)c(OCc3ccc(C(=O)O)cc3)c(OCC)c2)C(=O)N=C1SCC(=O)NC(c1ccccc1)c1ccccc1. The zero-order chi connectivity index (χ0) is 39.3. The van der Waals surface area contributed by atoms with Crippen LogP contribution < -0.4 is 14.8 Å². The molecule has 10 nitrogen and oxygen atoms in total. The van der Waals surface area contributed by atoms with Gasteiger partial charge >= 0.3 is 5.97 Å². The van der Waals surface area contributed by atoms with Crippen LogP contribution in [0, 0.1) is 0 Å². The van der Waals surface area contributed by atoms with Gasteiger partial charge < -0.3 is 19.9 Å². The maximum absolute atomic E-state index is 14.2. The molecule has 4 aromatic carbocycles. The molecule has 4 aromatic rings. The van der Waals surface area contributed by atoms with Crippen molar-refractivity contribution in [2.45, 2.75) is 26.5 Å². The number of amides is 3. The number of nitrogens with one attached hydrogen (secondary N) is 1. The fourth-order valence-corrected chi connectivity index (χ4v) is 6.92. The lowest BCUT2D eigenvalue weighted by Gasteiger charge is -2.28.